The molecular weight excluding hydrogens is 411 g/mol. The molecule has 0 saturated carbocycles. The van der Waals surface area contributed by atoms with E-state index in [9.17, 15) is 14.0 Å². The lowest BCUT2D eigenvalue weighted by Crippen LogP contribution is -2.38. The highest BCUT2D eigenvalue weighted by Crippen LogP contribution is 2.29. The van der Waals surface area contributed by atoms with Crippen LogP contribution in [0.1, 0.15) is 42.3 Å². The van der Waals surface area contributed by atoms with Crippen molar-refractivity contribution in [1.82, 2.24) is 5.32 Å². The fourth-order valence-corrected chi connectivity index (χ4v) is 3.45. The van der Waals surface area contributed by atoms with Gasteiger partial charge < -0.3 is 19.7 Å². The van der Waals surface area contributed by atoms with Crippen LogP contribution in [0.3, 0.4) is 0 Å². The molecule has 1 aliphatic heterocycles. The number of para-hydroxylation sites is 1. The molecule has 1 heterocycles. The third-order valence-electron chi connectivity index (χ3n) is 5.00. The number of alkyl carbamates (subject to hydrolysis) is 1. The summed E-state index contributed by atoms with van der Waals surface area (Å²) in [4.78, 5) is 26.5. The normalized spacial score (nSPS) is 14.1. The van der Waals surface area contributed by atoms with Crippen LogP contribution in [0.5, 0.6) is 5.75 Å². The molecule has 2 aromatic carbocycles. The molecular formula is C25H29FN2O4. The number of hydrogen-bond acceptors (Lipinski definition) is 4. The number of amides is 2. The Morgan fingerprint density at radius 1 is 1.22 bits per heavy atom. The fraction of sp³-hybridized carbons (Fsp3) is 0.360. The Kier molecular flexibility index (Phi) is 7.18. The van der Waals surface area contributed by atoms with E-state index in [1.54, 1.807) is 37.8 Å². The maximum Gasteiger partial charge on any atom is 0.407 e. The van der Waals surface area contributed by atoms with Gasteiger partial charge >= 0.3 is 6.09 Å². The highest BCUT2D eigenvalue weighted by atomic mass is 19.1. The molecule has 170 valence electrons. The first kappa shape index (κ1) is 23.3. The standard InChI is InChI=1S/C25H29FN2O4/c1-17-7-5-6-8-22(17)28-12-11-19-13-20(9-10-21(19)23(28)29)31-16-18(14-26)15-27-24(30)32-25(2,3)4/h5-10,13-14H,11-12,15-16H2,1-4H3,(H,27,30)/b18-14+. The summed E-state index contributed by atoms with van der Waals surface area (Å²) in [5, 5.41) is 2.51. The van der Waals surface area contributed by atoms with Crippen molar-refractivity contribution < 1.29 is 23.5 Å². The van der Waals surface area contributed by atoms with Crippen LogP contribution in [0.4, 0.5) is 14.9 Å². The van der Waals surface area contributed by atoms with Crippen molar-refractivity contribution in [3.63, 3.8) is 0 Å². The molecule has 0 unspecified atom stereocenters. The van der Waals surface area contributed by atoms with Gasteiger partial charge in [-0.05, 0) is 69.5 Å². The highest BCUT2D eigenvalue weighted by Gasteiger charge is 2.26. The van der Waals surface area contributed by atoms with Gasteiger partial charge in [-0.25, -0.2) is 9.18 Å². The van der Waals surface area contributed by atoms with Crippen molar-refractivity contribution in [2.45, 2.75) is 39.7 Å². The van der Waals surface area contributed by atoms with Gasteiger partial charge in [0.25, 0.3) is 5.91 Å². The van der Waals surface area contributed by atoms with Crippen LogP contribution in [0.25, 0.3) is 0 Å². The molecule has 0 fully saturated rings. The molecule has 3 rings (SSSR count). The van der Waals surface area contributed by atoms with Crippen molar-refractivity contribution in [2.24, 2.45) is 0 Å². The molecule has 0 bridgehead atoms. The number of nitrogens with one attached hydrogen (secondary N) is 1. The lowest BCUT2D eigenvalue weighted by Gasteiger charge is -2.30. The molecule has 0 aromatic heterocycles. The number of ether oxygens (including phenoxy) is 2. The maximum atomic E-state index is 13.2. The third kappa shape index (κ3) is 5.87. The molecule has 2 aromatic rings. The predicted molar refractivity (Wildman–Crippen MR) is 122 cm³/mol. The van der Waals surface area contributed by atoms with E-state index in [0.717, 1.165) is 16.8 Å². The zero-order chi connectivity index (χ0) is 23.3. The minimum absolute atomic E-state index is 0.0276. The summed E-state index contributed by atoms with van der Waals surface area (Å²) < 4.78 is 24.1. The summed E-state index contributed by atoms with van der Waals surface area (Å²) >= 11 is 0. The van der Waals surface area contributed by atoms with E-state index in [2.05, 4.69) is 5.32 Å². The number of halogens is 1. The van der Waals surface area contributed by atoms with Gasteiger partial charge in [-0.2, -0.15) is 0 Å². The molecule has 0 aliphatic carbocycles. The summed E-state index contributed by atoms with van der Waals surface area (Å²) in [6.07, 6.45) is 0.486. The van der Waals surface area contributed by atoms with E-state index in [4.69, 9.17) is 9.47 Å². The van der Waals surface area contributed by atoms with E-state index < -0.39 is 11.7 Å². The number of benzene rings is 2. The SMILES string of the molecule is Cc1ccccc1N1CCc2cc(OC/C(=C/F)CNC(=O)OC(C)(C)C)ccc2C1=O. The first-order valence-corrected chi connectivity index (χ1v) is 10.6. The lowest BCUT2D eigenvalue weighted by atomic mass is 9.97. The van der Waals surface area contributed by atoms with Gasteiger partial charge in [0.15, 0.2) is 0 Å². The maximum absolute atomic E-state index is 13.2. The summed E-state index contributed by atoms with van der Waals surface area (Å²) in [5.74, 6) is 0.496. The number of aryl methyl sites for hydroxylation is 1. The first-order chi connectivity index (χ1) is 15.2. The molecule has 7 heteroatoms. The second kappa shape index (κ2) is 9.85. The van der Waals surface area contributed by atoms with Gasteiger partial charge in [-0.15, -0.1) is 0 Å². The summed E-state index contributed by atoms with van der Waals surface area (Å²) in [5.41, 5.74) is 3.13. The van der Waals surface area contributed by atoms with E-state index in [1.165, 1.54) is 0 Å². The van der Waals surface area contributed by atoms with Gasteiger partial charge in [-0.1, -0.05) is 18.2 Å². The Morgan fingerprint density at radius 2 is 1.97 bits per heavy atom. The molecule has 1 N–H and O–H groups in total. The summed E-state index contributed by atoms with van der Waals surface area (Å²) in [6, 6.07) is 13.1. The van der Waals surface area contributed by atoms with Crippen molar-refractivity contribution in [3.8, 4) is 5.75 Å². The largest absolute Gasteiger partial charge is 0.489 e. The van der Waals surface area contributed by atoms with Crippen LogP contribution >= 0.6 is 0 Å². The van der Waals surface area contributed by atoms with E-state index in [-0.39, 0.29) is 24.6 Å². The predicted octanol–water partition coefficient (Wildman–Crippen LogP) is 4.95. The number of carbonyl (C=O) groups excluding carboxylic acids is 2. The van der Waals surface area contributed by atoms with E-state index in [1.807, 2.05) is 37.3 Å². The topological polar surface area (TPSA) is 67.9 Å². The average molecular weight is 441 g/mol. The second-order valence-corrected chi connectivity index (χ2v) is 8.72. The van der Waals surface area contributed by atoms with E-state index in [0.29, 0.717) is 30.6 Å². The van der Waals surface area contributed by atoms with Gasteiger partial charge in [0.05, 0.1) is 6.33 Å². The minimum Gasteiger partial charge on any atom is -0.489 e. The van der Waals surface area contributed by atoms with Gasteiger partial charge in [0, 0.05) is 29.9 Å². The first-order valence-electron chi connectivity index (χ1n) is 10.6. The van der Waals surface area contributed by atoms with E-state index >= 15 is 0 Å². The number of carbonyl (C=O) groups is 2. The molecule has 0 atom stereocenters. The van der Waals surface area contributed by atoms with Crippen molar-refractivity contribution in [3.05, 3.63) is 71.1 Å². The quantitative estimate of drug-likeness (QED) is 0.690. The Balaban J connectivity index is 1.60. The monoisotopic (exact) mass is 440 g/mol. The zero-order valence-corrected chi connectivity index (χ0v) is 18.9. The van der Waals surface area contributed by atoms with Crippen LogP contribution in [-0.2, 0) is 11.2 Å². The number of hydrogen-bond donors (Lipinski definition) is 1. The van der Waals surface area contributed by atoms with Crippen LogP contribution in [0.15, 0.2) is 54.4 Å². The van der Waals surface area contributed by atoms with Gasteiger partial charge in [-0.3, -0.25) is 4.79 Å². The fourth-order valence-electron chi connectivity index (χ4n) is 3.45. The van der Waals surface area contributed by atoms with Crippen LogP contribution in [-0.4, -0.2) is 37.3 Å². The molecule has 6 nitrogen and oxygen atoms in total. The Labute approximate surface area is 188 Å². The molecule has 1 aliphatic rings. The number of anilines is 1. The molecule has 0 spiro atoms. The zero-order valence-electron chi connectivity index (χ0n) is 18.9. The Hall–Kier alpha value is -3.35. The van der Waals surface area contributed by atoms with Crippen LogP contribution < -0.4 is 15.0 Å². The number of fused-ring (bicyclic) bond motifs is 1. The molecule has 0 saturated heterocycles. The molecule has 2 amide bonds. The summed E-state index contributed by atoms with van der Waals surface area (Å²) in [6.45, 7) is 7.76. The van der Waals surface area contributed by atoms with Gasteiger partial charge in [0.1, 0.15) is 18.0 Å². The lowest BCUT2D eigenvalue weighted by molar-refractivity contribution is 0.0531. The molecule has 0 radical (unpaired) electrons. The smallest absolute Gasteiger partial charge is 0.407 e. The Morgan fingerprint density at radius 3 is 2.66 bits per heavy atom. The molecule has 32 heavy (non-hydrogen) atoms. The number of rotatable bonds is 6. The van der Waals surface area contributed by atoms with Crippen LogP contribution in [0.2, 0.25) is 0 Å². The van der Waals surface area contributed by atoms with Crippen LogP contribution in [0, 0.1) is 6.92 Å². The summed E-state index contributed by atoms with van der Waals surface area (Å²) in [7, 11) is 0. The average Bonchev–Trinajstić information content (AvgIpc) is 2.73. The third-order valence-corrected chi connectivity index (χ3v) is 5.00. The van der Waals surface area contributed by atoms with Crippen molar-refractivity contribution >= 4 is 17.7 Å². The minimum atomic E-state index is -0.629. The number of nitrogens with zero attached hydrogens (tertiary/aromatic N) is 1. The van der Waals surface area contributed by atoms with Crippen molar-refractivity contribution in [1.29, 1.82) is 0 Å². The highest BCUT2D eigenvalue weighted by molar-refractivity contribution is 6.08. The van der Waals surface area contributed by atoms with Gasteiger partial charge in [0.2, 0.25) is 0 Å². The Bertz CT molecular complexity index is 1030. The van der Waals surface area contributed by atoms with Crippen molar-refractivity contribution in [2.75, 3.05) is 24.6 Å². The second-order valence-electron chi connectivity index (χ2n) is 8.72.